The Bertz CT molecular complexity index is 486. The highest BCUT2D eigenvalue weighted by Crippen LogP contribution is 2.30. The zero-order valence-corrected chi connectivity index (χ0v) is 12.1. The smallest absolute Gasteiger partial charge is 0.237 e. The Balaban J connectivity index is 2.39. The van der Waals surface area contributed by atoms with E-state index in [1.54, 1.807) is 6.92 Å². The lowest BCUT2D eigenvalue weighted by molar-refractivity contribution is -0.116. The van der Waals surface area contributed by atoms with E-state index in [9.17, 15) is 4.79 Å². The first-order chi connectivity index (χ1) is 8.99. The van der Waals surface area contributed by atoms with E-state index in [0.717, 1.165) is 24.2 Å². The van der Waals surface area contributed by atoms with E-state index in [2.05, 4.69) is 9.97 Å². The molecule has 5 nitrogen and oxygen atoms in total. The number of hydrogen-bond donors (Lipinski definition) is 1. The average Bonchev–Trinajstić information content (AvgIpc) is 2.84. The van der Waals surface area contributed by atoms with E-state index >= 15 is 0 Å². The van der Waals surface area contributed by atoms with Crippen molar-refractivity contribution in [2.75, 3.05) is 11.4 Å². The van der Waals surface area contributed by atoms with Gasteiger partial charge in [0.25, 0.3) is 0 Å². The van der Waals surface area contributed by atoms with Gasteiger partial charge in [-0.15, -0.1) is 0 Å². The largest absolute Gasteiger partial charge is 0.368 e. The van der Waals surface area contributed by atoms with Crippen LogP contribution in [0.25, 0.3) is 0 Å². The predicted molar refractivity (Wildman–Crippen MR) is 75.3 cm³/mol. The number of halogens is 1. The summed E-state index contributed by atoms with van der Waals surface area (Å²) in [6.07, 6.45) is 4.48. The lowest BCUT2D eigenvalue weighted by Gasteiger charge is -2.30. The number of primary amides is 1. The monoisotopic (exact) mass is 282 g/mol. The van der Waals surface area contributed by atoms with E-state index in [1.165, 1.54) is 12.8 Å². The maximum atomic E-state index is 11.3. The highest BCUT2D eigenvalue weighted by Gasteiger charge is 2.27. The van der Waals surface area contributed by atoms with Crippen molar-refractivity contribution in [1.29, 1.82) is 0 Å². The Morgan fingerprint density at radius 3 is 2.58 bits per heavy atom. The molecule has 0 bridgehead atoms. The molecule has 0 unspecified atom stereocenters. The first-order valence-electron chi connectivity index (χ1n) is 6.54. The number of anilines is 1. The van der Waals surface area contributed by atoms with Crippen molar-refractivity contribution in [1.82, 2.24) is 9.97 Å². The second kappa shape index (κ2) is 5.74. The highest BCUT2D eigenvalue weighted by atomic mass is 35.5. The maximum Gasteiger partial charge on any atom is 0.237 e. The molecule has 104 valence electrons. The van der Waals surface area contributed by atoms with Crippen LogP contribution in [0.5, 0.6) is 0 Å². The third-order valence-corrected chi connectivity index (χ3v) is 3.90. The minimum Gasteiger partial charge on any atom is -0.368 e. The molecule has 0 aromatic carbocycles. The number of carbonyl (C=O) groups excluding carboxylic acids is 1. The summed E-state index contributed by atoms with van der Waals surface area (Å²) in [6.45, 7) is 3.85. The second-order valence-corrected chi connectivity index (χ2v) is 5.40. The Kier molecular flexibility index (Phi) is 4.24. The molecular weight excluding hydrogens is 264 g/mol. The van der Waals surface area contributed by atoms with Gasteiger partial charge in [-0.1, -0.05) is 24.4 Å². The van der Waals surface area contributed by atoms with Crippen LogP contribution in [-0.4, -0.2) is 28.5 Å². The molecule has 0 saturated heterocycles. The van der Waals surface area contributed by atoms with Gasteiger partial charge in [-0.2, -0.15) is 0 Å². The summed E-state index contributed by atoms with van der Waals surface area (Å²) in [5.41, 5.74) is 6.17. The van der Waals surface area contributed by atoms with Crippen LogP contribution >= 0.6 is 11.6 Å². The third-order valence-electron chi connectivity index (χ3n) is 3.54. The minimum absolute atomic E-state index is 0.179. The van der Waals surface area contributed by atoms with Gasteiger partial charge in [0.05, 0.1) is 6.54 Å². The highest BCUT2D eigenvalue weighted by molar-refractivity contribution is 6.30. The van der Waals surface area contributed by atoms with Crippen LogP contribution in [0.2, 0.25) is 5.15 Å². The van der Waals surface area contributed by atoms with Crippen molar-refractivity contribution in [2.24, 2.45) is 5.73 Å². The normalized spacial score (nSPS) is 15.7. The van der Waals surface area contributed by atoms with Gasteiger partial charge in [0.15, 0.2) is 0 Å². The molecule has 0 spiro atoms. The molecule has 1 saturated carbocycles. The van der Waals surface area contributed by atoms with Crippen molar-refractivity contribution < 1.29 is 4.79 Å². The van der Waals surface area contributed by atoms with Crippen LogP contribution < -0.4 is 10.6 Å². The molecule has 1 amide bonds. The molecular formula is C13H19ClN4O. The van der Waals surface area contributed by atoms with Gasteiger partial charge in [0.1, 0.15) is 16.8 Å². The summed E-state index contributed by atoms with van der Waals surface area (Å²) in [7, 11) is 0. The predicted octanol–water partition coefficient (Wildman–Crippen LogP) is 1.98. The fourth-order valence-corrected chi connectivity index (χ4v) is 2.83. The van der Waals surface area contributed by atoms with Crippen LogP contribution in [0.15, 0.2) is 0 Å². The van der Waals surface area contributed by atoms with Crippen LogP contribution in [0, 0.1) is 13.8 Å². The Labute approximate surface area is 118 Å². The number of nitrogens with zero attached hydrogens (tertiary/aromatic N) is 3. The minimum atomic E-state index is -0.348. The van der Waals surface area contributed by atoms with Gasteiger partial charge in [0.2, 0.25) is 5.91 Å². The Morgan fingerprint density at radius 2 is 2.00 bits per heavy atom. The van der Waals surface area contributed by atoms with E-state index in [0.29, 0.717) is 17.0 Å². The number of rotatable bonds is 4. The average molecular weight is 283 g/mol. The topological polar surface area (TPSA) is 72.1 Å². The van der Waals surface area contributed by atoms with Gasteiger partial charge < -0.3 is 10.6 Å². The number of amides is 1. The quantitative estimate of drug-likeness (QED) is 0.857. The van der Waals surface area contributed by atoms with Crippen molar-refractivity contribution >= 4 is 23.3 Å². The summed E-state index contributed by atoms with van der Waals surface area (Å²) in [5.74, 6) is 1.000. The molecule has 6 heteroatoms. The van der Waals surface area contributed by atoms with Gasteiger partial charge in [-0.3, -0.25) is 4.79 Å². The first kappa shape index (κ1) is 14.1. The molecule has 1 aliphatic rings. The van der Waals surface area contributed by atoms with Crippen LogP contribution in [-0.2, 0) is 4.79 Å². The summed E-state index contributed by atoms with van der Waals surface area (Å²) in [5, 5.41) is 0.440. The molecule has 2 N–H and O–H groups in total. The number of aryl methyl sites for hydroxylation is 1. The Hall–Kier alpha value is -1.36. The molecule has 1 aliphatic carbocycles. The summed E-state index contributed by atoms with van der Waals surface area (Å²) < 4.78 is 0. The standard InChI is InChI=1S/C13H19ClN4O/c1-8-12(14)16-9(2)17-13(8)18(7-11(15)19)10-5-3-4-6-10/h10H,3-7H2,1-2H3,(H2,15,19). The molecule has 0 atom stereocenters. The maximum absolute atomic E-state index is 11.3. The van der Waals surface area contributed by atoms with E-state index in [4.69, 9.17) is 17.3 Å². The van der Waals surface area contributed by atoms with Crippen LogP contribution in [0.3, 0.4) is 0 Å². The first-order valence-corrected chi connectivity index (χ1v) is 6.92. The van der Waals surface area contributed by atoms with Gasteiger partial charge in [-0.25, -0.2) is 9.97 Å². The number of carbonyl (C=O) groups is 1. The van der Waals surface area contributed by atoms with E-state index in [-0.39, 0.29) is 12.5 Å². The summed E-state index contributed by atoms with van der Waals surface area (Å²) in [4.78, 5) is 21.9. The van der Waals surface area contributed by atoms with Crippen molar-refractivity contribution in [2.45, 2.75) is 45.6 Å². The number of aromatic nitrogens is 2. The molecule has 2 rings (SSSR count). The number of hydrogen-bond acceptors (Lipinski definition) is 4. The lowest BCUT2D eigenvalue weighted by atomic mass is 10.2. The van der Waals surface area contributed by atoms with Crippen LogP contribution in [0.4, 0.5) is 5.82 Å². The molecule has 1 heterocycles. The van der Waals surface area contributed by atoms with Crippen LogP contribution in [0.1, 0.15) is 37.1 Å². The Morgan fingerprint density at radius 1 is 1.37 bits per heavy atom. The summed E-state index contributed by atoms with van der Waals surface area (Å²) in [6, 6.07) is 0.316. The SMILES string of the molecule is Cc1nc(Cl)c(C)c(N(CC(N)=O)C2CCCC2)n1. The van der Waals surface area contributed by atoms with Crippen molar-refractivity contribution in [3.8, 4) is 0 Å². The molecule has 1 fully saturated rings. The zero-order valence-electron chi connectivity index (χ0n) is 11.3. The zero-order chi connectivity index (χ0) is 14.0. The fraction of sp³-hybridized carbons (Fsp3) is 0.615. The van der Waals surface area contributed by atoms with Gasteiger partial charge in [0, 0.05) is 11.6 Å². The molecule has 1 aromatic rings. The van der Waals surface area contributed by atoms with Crippen molar-refractivity contribution in [3.63, 3.8) is 0 Å². The molecule has 0 aliphatic heterocycles. The molecule has 0 radical (unpaired) electrons. The summed E-state index contributed by atoms with van der Waals surface area (Å²) >= 11 is 6.11. The van der Waals surface area contributed by atoms with Crippen molar-refractivity contribution in [3.05, 3.63) is 16.5 Å². The van der Waals surface area contributed by atoms with E-state index in [1.807, 2.05) is 11.8 Å². The molecule has 19 heavy (non-hydrogen) atoms. The third kappa shape index (κ3) is 3.15. The lowest BCUT2D eigenvalue weighted by Crippen LogP contribution is -2.41. The van der Waals surface area contributed by atoms with Gasteiger partial charge in [-0.05, 0) is 26.7 Å². The second-order valence-electron chi connectivity index (χ2n) is 5.04. The molecule has 1 aromatic heterocycles. The number of nitrogens with two attached hydrogens (primary N) is 1. The van der Waals surface area contributed by atoms with Gasteiger partial charge >= 0.3 is 0 Å². The van der Waals surface area contributed by atoms with E-state index < -0.39 is 0 Å². The fourth-order valence-electron chi connectivity index (χ4n) is 2.62.